The summed E-state index contributed by atoms with van der Waals surface area (Å²) >= 11 is 0. The molecule has 0 saturated heterocycles. The van der Waals surface area contributed by atoms with Crippen molar-refractivity contribution in [3.8, 4) is 0 Å². The van der Waals surface area contributed by atoms with Crippen LogP contribution in [0.2, 0.25) is 0 Å². The van der Waals surface area contributed by atoms with Gasteiger partial charge >= 0.3 is 0 Å². The maximum atomic E-state index is 12.9. The molecular weight excluding hydrogens is 380 g/mol. The fourth-order valence-corrected chi connectivity index (χ4v) is 2.87. The number of benzene rings is 1. The predicted molar refractivity (Wildman–Crippen MR) is 118 cm³/mol. The SMILES string of the molecule is Cc1ccccc1N(CC(=O)NCCC(C)C)C(=O)CCC(=O)Nc1ccccn1. The van der Waals surface area contributed by atoms with Crippen molar-refractivity contribution in [2.24, 2.45) is 5.92 Å². The van der Waals surface area contributed by atoms with Gasteiger partial charge in [-0.25, -0.2) is 4.98 Å². The Morgan fingerprint density at radius 2 is 1.73 bits per heavy atom. The average Bonchev–Trinajstić information content (AvgIpc) is 2.71. The Balaban J connectivity index is 2.00. The summed E-state index contributed by atoms with van der Waals surface area (Å²) in [4.78, 5) is 43.0. The van der Waals surface area contributed by atoms with E-state index >= 15 is 0 Å². The number of carbonyl (C=O) groups excluding carboxylic acids is 3. The summed E-state index contributed by atoms with van der Waals surface area (Å²) in [5.74, 6) is 0.130. The number of hydrogen-bond acceptors (Lipinski definition) is 4. The van der Waals surface area contributed by atoms with Gasteiger partial charge in [0.2, 0.25) is 17.7 Å². The van der Waals surface area contributed by atoms with Gasteiger partial charge in [-0.1, -0.05) is 38.1 Å². The van der Waals surface area contributed by atoms with E-state index in [1.807, 2.05) is 31.2 Å². The van der Waals surface area contributed by atoms with E-state index in [2.05, 4.69) is 29.5 Å². The summed E-state index contributed by atoms with van der Waals surface area (Å²) in [5.41, 5.74) is 1.56. The first-order valence-electron chi connectivity index (χ1n) is 10.2. The van der Waals surface area contributed by atoms with E-state index in [9.17, 15) is 14.4 Å². The lowest BCUT2D eigenvalue weighted by Crippen LogP contribution is -2.41. The molecule has 0 aliphatic carbocycles. The number of aryl methyl sites for hydroxylation is 1. The van der Waals surface area contributed by atoms with E-state index in [0.717, 1.165) is 12.0 Å². The lowest BCUT2D eigenvalue weighted by Gasteiger charge is -2.24. The minimum atomic E-state index is -0.298. The highest BCUT2D eigenvalue weighted by Crippen LogP contribution is 2.20. The first-order chi connectivity index (χ1) is 14.4. The largest absolute Gasteiger partial charge is 0.355 e. The van der Waals surface area contributed by atoms with E-state index in [0.29, 0.717) is 24.0 Å². The lowest BCUT2D eigenvalue weighted by atomic mass is 10.1. The highest BCUT2D eigenvalue weighted by atomic mass is 16.2. The minimum absolute atomic E-state index is 0.00670. The van der Waals surface area contributed by atoms with Crippen LogP contribution < -0.4 is 15.5 Å². The molecule has 7 nitrogen and oxygen atoms in total. The number of para-hydroxylation sites is 1. The molecule has 30 heavy (non-hydrogen) atoms. The summed E-state index contributed by atoms with van der Waals surface area (Å²) in [7, 11) is 0. The Hall–Kier alpha value is -3.22. The monoisotopic (exact) mass is 410 g/mol. The van der Waals surface area contributed by atoms with Gasteiger partial charge in [0.05, 0.1) is 0 Å². The quantitative estimate of drug-likeness (QED) is 0.629. The van der Waals surface area contributed by atoms with E-state index in [4.69, 9.17) is 0 Å². The van der Waals surface area contributed by atoms with Crippen molar-refractivity contribution in [3.63, 3.8) is 0 Å². The number of carbonyl (C=O) groups is 3. The Morgan fingerprint density at radius 3 is 2.40 bits per heavy atom. The van der Waals surface area contributed by atoms with Crippen LogP contribution in [0.25, 0.3) is 0 Å². The van der Waals surface area contributed by atoms with Gasteiger partial charge in [0.1, 0.15) is 12.4 Å². The molecule has 0 atom stereocenters. The third kappa shape index (κ3) is 7.66. The van der Waals surface area contributed by atoms with E-state index < -0.39 is 0 Å². The van der Waals surface area contributed by atoms with Crippen LogP contribution in [0.4, 0.5) is 11.5 Å². The molecule has 0 bridgehead atoms. The molecule has 2 aromatic rings. The minimum Gasteiger partial charge on any atom is -0.355 e. The van der Waals surface area contributed by atoms with Crippen molar-refractivity contribution in [2.45, 2.75) is 40.0 Å². The van der Waals surface area contributed by atoms with E-state index in [1.165, 1.54) is 4.90 Å². The number of pyridine rings is 1. The van der Waals surface area contributed by atoms with Gasteiger partial charge in [0.15, 0.2) is 0 Å². The topological polar surface area (TPSA) is 91.4 Å². The van der Waals surface area contributed by atoms with Gasteiger partial charge in [0.25, 0.3) is 0 Å². The maximum absolute atomic E-state index is 12.9. The van der Waals surface area contributed by atoms with Crippen molar-refractivity contribution in [3.05, 3.63) is 54.2 Å². The van der Waals surface area contributed by atoms with Crippen LogP contribution in [0.5, 0.6) is 0 Å². The van der Waals surface area contributed by atoms with Crippen LogP contribution in [0.3, 0.4) is 0 Å². The first kappa shape index (κ1) is 23.1. The second kappa shape index (κ2) is 11.7. The zero-order valence-corrected chi connectivity index (χ0v) is 17.9. The Morgan fingerprint density at radius 1 is 1.00 bits per heavy atom. The summed E-state index contributed by atoms with van der Waals surface area (Å²) < 4.78 is 0. The molecule has 0 spiro atoms. The van der Waals surface area contributed by atoms with Gasteiger partial charge < -0.3 is 15.5 Å². The highest BCUT2D eigenvalue weighted by Gasteiger charge is 2.21. The molecule has 0 saturated carbocycles. The normalized spacial score (nSPS) is 10.5. The van der Waals surface area contributed by atoms with E-state index in [-0.39, 0.29) is 37.1 Å². The molecule has 0 fully saturated rings. The van der Waals surface area contributed by atoms with Gasteiger partial charge in [-0.15, -0.1) is 0 Å². The van der Waals surface area contributed by atoms with Crippen molar-refractivity contribution in [1.29, 1.82) is 0 Å². The van der Waals surface area contributed by atoms with Crippen LogP contribution in [-0.4, -0.2) is 35.8 Å². The molecule has 3 amide bonds. The second-order valence-electron chi connectivity index (χ2n) is 7.56. The molecule has 2 N–H and O–H groups in total. The molecule has 1 heterocycles. The van der Waals surface area contributed by atoms with Crippen molar-refractivity contribution in [1.82, 2.24) is 10.3 Å². The van der Waals surface area contributed by atoms with Crippen LogP contribution in [0.15, 0.2) is 48.7 Å². The van der Waals surface area contributed by atoms with E-state index in [1.54, 1.807) is 24.4 Å². The Bertz CT molecular complexity index is 853. The number of anilines is 2. The standard InChI is InChI=1S/C23H30N4O3/c1-17(2)13-15-25-22(29)16-27(19-9-5-4-8-18(19)3)23(30)12-11-21(28)26-20-10-6-7-14-24-20/h4-10,14,17H,11-13,15-16H2,1-3H3,(H,25,29)(H,24,26,28). The van der Waals surface area contributed by atoms with Gasteiger partial charge in [-0.2, -0.15) is 0 Å². The Labute approximate surface area is 177 Å². The smallest absolute Gasteiger partial charge is 0.240 e. The molecule has 2 rings (SSSR count). The third-order valence-electron chi connectivity index (χ3n) is 4.55. The lowest BCUT2D eigenvalue weighted by molar-refractivity contribution is -0.125. The van der Waals surface area contributed by atoms with Gasteiger partial charge in [-0.3, -0.25) is 14.4 Å². The van der Waals surface area contributed by atoms with Crippen molar-refractivity contribution < 1.29 is 14.4 Å². The van der Waals surface area contributed by atoms with Crippen LogP contribution in [0.1, 0.15) is 38.7 Å². The fraction of sp³-hybridized carbons (Fsp3) is 0.391. The fourth-order valence-electron chi connectivity index (χ4n) is 2.87. The first-order valence-corrected chi connectivity index (χ1v) is 10.2. The maximum Gasteiger partial charge on any atom is 0.240 e. The molecule has 0 unspecified atom stereocenters. The summed E-state index contributed by atoms with van der Waals surface area (Å²) in [6.45, 7) is 6.55. The van der Waals surface area contributed by atoms with Crippen LogP contribution in [-0.2, 0) is 14.4 Å². The zero-order valence-electron chi connectivity index (χ0n) is 17.9. The van der Waals surface area contributed by atoms with Crippen LogP contribution >= 0.6 is 0 Å². The zero-order chi connectivity index (χ0) is 21.9. The number of aromatic nitrogens is 1. The van der Waals surface area contributed by atoms with Gasteiger partial charge in [-0.05, 0) is 43.0 Å². The number of hydrogen-bond donors (Lipinski definition) is 2. The molecular formula is C23H30N4O3. The summed E-state index contributed by atoms with van der Waals surface area (Å²) in [5, 5.41) is 5.53. The molecule has 0 aliphatic heterocycles. The summed E-state index contributed by atoms with van der Waals surface area (Å²) in [6.07, 6.45) is 2.45. The average molecular weight is 411 g/mol. The van der Waals surface area contributed by atoms with Crippen molar-refractivity contribution in [2.75, 3.05) is 23.3 Å². The Kier molecular flexibility index (Phi) is 9.00. The van der Waals surface area contributed by atoms with Crippen molar-refractivity contribution >= 4 is 29.2 Å². The highest BCUT2D eigenvalue weighted by molar-refractivity contribution is 6.01. The number of nitrogens with zero attached hydrogens (tertiary/aromatic N) is 2. The molecule has 1 aromatic heterocycles. The predicted octanol–water partition coefficient (Wildman–Crippen LogP) is 3.30. The summed E-state index contributed by atoms with van der Waals surface area (Å²) in [6, 6.07) is 12.6. The van der Waals surface area contributed by atoms with Gasteiger partial charge in [0, 0.05) is 31.3 Å². The number of nitrogens with one attached hydrogen (secondary N) is 2. The second-order valence-corrected chi connectivity index (χ2v) is 7.56. The number of rotatable bonds is 10. The molecule has 1 aromatic carbocycles. The number of amides is 3. The third-order valence-corrected chi connectivity index (χ3v) is 4.55. The molecule has 7 heteroatoms. The molecule has 0 radical (unpaired) electrons. The molecule has 0 aliphatic rings. The molecule has 160 valence electrons. The van der Waals surface area contributed by atoms with Crippen LogP contribution in [0, 0.1) is 12.8 Å².